The van der Waals surface area contributed by atoms with Crippen LogP contribution in [-0.4, -0.2) is 15.6 Å². The minimum atomic E-state index is -0.200. The molecule has 3 rings (SSSR count). The van der Waals surface area contributed by atoms with Crippen LogP contribution in [0, 0.1) is 3.57 Å². The van der Waals surface area contributed by atoms with E-state index in [0.717, 1.165) is 20.0 Å². The molecule has 0 spiro atoms. The average molecular weight is 412 g/mol. The molecule has 0 radical (unpaired) electrons. The maximum absolute atomic E-state index is 12.8. The molecule has 0 aliphatic carbocycles. The van der Waals surface area contributed by atoms with Gasteiger partial charge in [0, 0.05) is 20.7 Å². The third-order valence-electron chi connectivity index (χ3n) is 3.34. The number of carbonyl (C=O) groups is 1. The molecule has 5 heteroatoms. The van der Waals surface area contributed by atoms with Crippen molar-refractivity contribution in [2.24, 2.45) is 0 Å². The minimum absolute atomic E-state index is 0.110. The lowest BCUT2D eigenvalue weighted by Crippen LogP contribution is -2.11. The van der Waals surface area contributed by atoms with E-state index in [4.69, 9.17) is 11.6 Å². The fourth-order valence-electron chi connectivity index (χ4n) is 2.34. The first-order chi connectivity index (χ1) is 10.1. The summed E-state index contributed by atoms with van der Waals surface area (Å²) < 4.78 is 2.48. The third-order valence-corrected chi connectivity index (χ3v) is 4.34. The summed E-state index contributed by atoms with van der Waals surface area (Å²) in [5.74, 6) is -0.200. The van der Waals surface area contributed by atoms with Crippen LogP contribution in [0.15, 0.2) is 48.7 Å². The molecule has 1 heterocycles. The normalized spacial score (nSPS) is 11.0. The monoisotopic (exact) mass is 411 g/mol. The van der Waals surface area contributed by atoms with Gasteiger partial charge in [-0.05, 0) is 46.9 Å². The molecule has 1 N–H and O–H groups in total. The molecule has 0 aliphatic rings. The summed E-state index contributed by atoms with van der Waals surface area (Å²) in [6.45, 7) is -0.110. The van der Waals surface area contributed by atoms with E-state index in [-0.39, 0.29) is 12.5 Å². The van der Waals surface area contributed by atoms with E-state index < -0.39 is 0 Å². The molecule has 0 fully saturated rings. The number of aliphatic hydroxyl groups excluding tert-OH is 1. The highest BCUT2D eigenvalue weighted by Gasteiger charge is 2.17. The van der Waals surface area contributed by atoms with Gasteiger partial charge in [0.1, 0.15) is 0 Å². The Morgan fingerprint density at radius 2 is 2.00 bits per heavy atom. The van der Waals surface area contributed by atoms with Crippen LogP contribution in [0.1, 0.15) is 15.9 Å². The van der Waals surface area contributed by atoms with Gasteiger partial charge in [-0.15, -0.1) is 0 Å². The Morgan fingerprint density at radius 3 is 2.76 bits per heavy atom. The summed E-state index contributed by atoms with van der Waals surface area (Å²) in [5, 5.41) is 10.7. The van der Waals surface area contributed by atoms with Crippen molar-refractivity contribution in [1.82, 2.24) is 4.57 Å². The number of hydrogen-bond donors (Lipinski definition) is 1. The Balaban J connectivity index is 2.20. The van der Waals surface area contributed by atoms with Crippen molar-refractivity contribution in [3.05, 3.63) is 68.4 Å². The fraction of sp³-hybridized carbons (Fsp3) is 0.0625. The van der Waals surface area contributed by atoms with E-state index in [1.165, 1.54) is 4.57 Å². The van der Waals surface area contributed by atoms with Crippen LogP contribution in [-0.2, 0) is 6.61 Å². The van der Waals surface area contributed by atoms with Gasteiger partial charge >= 0.3 is 0 Å². The van der Waals surface area contributed by atoms with Crippen molar-refractivity contribution in [3.8, 4) is 0 Å². The van der Waals surface area contributed by atoms with E-state index >= 15 is 0 Å². The standard InChI is InChI=1S/C16H11ClINO2/c17-14-6-5-11(18)7-13(14)16(21)19-8-10(9-20)12-3-1-2-4-15(12)19/h1-8,20H,9H2. The molecule has 1 aromatic heterocycles. The van der Waals surface area contributed by atoms with E-state index in [2.05, 4.69) is 22.6 Å². The van der Waals surface area contributed by atoms with Crippen LogP contribution in [0.5, 0.6) is 0 Å². The minimum Gasteiger partial charge on any atom is -0.392 e. The predicted octanol–water partition coefficient (Wildman–Crippen LogP) is 4.08. The number of aliphatic hydroxyl groups is 1. The zero-order valence-corrected chi connectivity index (χ0v) is 13.8. The molecule has 0 bridgehead atoms. The predicted molar refractivity (Wildman–Crippen MR) is 91.8 cm³/mol. The van der Waals surface area contributed by atoms with Crippen molar-refractivity contribution in [3.63, 3.8) is 0 Å². The SMILES string of the molecule is O=C(c1cc(I)ccc1Cl)n1cc(CO)c2ccccc21. The highest BCUT2D eigenvalue weighted by Crippen LogP contribution is 2.25. The first-order valence-electron chi connectivity index (χ1n) is 6.31. The quantitative estimate of drug-likeness (QED) is 0.646. The summed E-state index contributed by atoms with van der Waals surface area (Å²) >= 11 is 8.29. The molecule has 0 atom stereocenters. The Morgan fingerprint density at radius 1 is 1.24 bits per heavy atom. The van der Waals surface area contributed by atoms with Gasteiger partial charge in [-0.25, -0.2) is 0 Å². The molecule has 0 saturated carbocycles. The van der Waals surface area contributed by atoms with Gasteiger partial charge in [-0.2, -0.15) is 0 Å². The summed E-state index contributed by atoms with van der Waals surface area (Å²) in [6, 6.07) is 12.8. The summed E-state index contributed by atoms with van der Waals surface area (Å²) in [6.07, 6.45) is 1.67. The Labute approximate surface area is 140 Å². The highest BCUT2D eigenvalue weighted by atomic mass is 127. The summed E-state index contributed by atoms with van der Waals surface area (Å²) in [4.78, 5) is 12.8. The number of aromatic nitrogens is 1. The van der Waals surface area contributed by atoms with Gasteiger partial charge in [0.05, 0.1) is 22.7 Å². The average Bonchev–Trinajstić information content (AvgIpc) is 2.88. The third kappa shape index (κ3) is 2.59. The van der Waals surface area contributed by atoms with Gasteiger partial charge in [-0.1, -0.05) is 29.8 Å². The van der Waals surface area contributed by atoms with Gasteiger partial charge in [-0.3, -0.25) is 9.36 Å². The van der Waals surface area contributed by atoms with Crippen molar-refractivity contribution in [2.75, 3.05) is 0 Å². The molecule has 3 aromatic rings. The topological polar surface area (TPSA) is 42.2 Å². The van der Waals surface area contributed by atoms with E-state index in [1.54, 1.807) is 18.3 Å². The van der Waals surface area contributed by atoms with Crippen LogP contribution in [0.3, 0.4) is 0 Å². The van der Waals surface area contributed by atoms with E-state index in [0.29, 0.717) is 10.6 Å². The van der Waals surface area contributed by atoms with Gasteiger partial charge in [0.25, 0.3) is 5.91 Å². The first kappa shape index (κ1) is 14.6. The second-order valence-corrected chi connectivity index (χ2v) is 6.28. The lowest BCUT2D eigenvalue weighted by Gasteiger charge is -2.06. The number of carbonyl (C=O) groups excluding carboxylic acids is 1. The number of nitrogens with zero attached hydrogens (tertiary/aromatic N) is 1. The second kappa shape index (κ2) is 5.79. The Kier molecular flexibility index (Phi) is 4.01. The number of benzene rings is 2. The zero-order chi connectivity index (χ0) is 15.0. The lowest BCUT2D eigenvalue weighted by molar-refractivity contribution is 0.0965. The Bertz CT molecular complexity index is 841. The number of para-hydroxylation sites is 1. The molecular formula is C16H11ClINO2. The molecular weight excluding hydrogens is 401 g/mol. The van der Waals surface area contributed by atoms with Crippen molar-refractivity contribution in [1.29, 1.82) is 0 Å². The molecule has 2 aromatic carbocycles. The largest absolute Gasteiger partial charge is 0.392 e. The number of fused-ring (bicyclic) bond motifs is 1. The van der Waals surface area contributed by atoms with Crippen LogP contribution < -0.4 is 0 Å². The Hall–Kier alpha value is -1.37. The maximum atomic E-state index is 12.8. The van der Waals surface area contributed by atoms with Crippen LogP contribution >= 0.6 is 34.2 Å². The van der Waals surface area contributed by atoms with Crippen molar-refractivity contribution < 1.29 is 9.90 Å². The van der Waals surface area contributed by atoms with Crippen LogP contribution in [0.2, 0.25) is 5.02 Å². The molecule has 0 aliphatic heterocycles. The molecule has 3 nitrogen and oxygen atoms in total. The molecule has 0 amide bonds. The zero-order valence-electron chi connectivity index (χ0n) is 10.9. The van der Waals surface area contributed by atoms with Gasteiger partial charge < -0.3 is 5.11 Å². The van der Waals surface area contributed by atoms with Crippen LogP contribution in [0.4, 0.5) is 0 Å². The smallest absolute Gasteiger partial charge is 0.263 e. The van der Waals surface area contributed by atoms with E-state index in [9.17, 15) is 9.90 Å². The highest BCUT2D eigenvalue weighted by molar-refractivity contribution is 14.1. The summed E-state index contributed by atoms with van der Waals surface area (Å²) in [5.41, 5.74) is 1.94. The molecule has 106 valence electrons. The number of rotatable bonds is 2. The van der Waals surface area contributed by atoms with Crippen molar-refractivity contribution >= 4 is 51.0 Å². The van der Waals surface area contributed by atoms with E-state index in [1.807, 2.05) is 30.3 Å². The fourth-order valence-corrected chi connectivity index (χ4v) is 3.02. The molecule has 0 saturated heterocycles. The van der Waals surface area contributed by atoms with Crippen molar-refractivity contribution in [2.45, 2.75) is 6.61 Å². The lowest BCUT2D eigenvalue weighted by atomic mass is 10.2. The maximum Gasteiger partial charge on any atom is 0.263 e. The molecule has 0 unspecified atom stereocenters. The number of halogens is 2. The second-order valence-electron chi connectivity index (χ2n) is 4.63. The van der Waals surface area contributed by atoms with Gasteiger partial charge in [0.15, 0.2) is 0 Å². The number of hydrogen-bond acceptors (Lipinski definition) is 2. The summed E-state index contributed by atoms with van der Waals surface area (Å²) in [7, 11) is 0. The van der Waals surface area contributed by atoms with Gasteiger partial charge in [0.2, 0.25) is 0 Å². The molecule has 21 heavy (non-hydrogen) atoms. The van der Waals surface area contributed by atoms with Crippen LogP contribution in [0.25, 0.3) is 10.9 Å². The first-order valence-corrected chi connectivity index (χ1v) is 7.77.